The summed E-state index contributed by atoms with van der Waals surface area (Å²) in [6.07, 6.45) is 27.2. The molecule has 0 N–H and O–H groups in total. The van der Waals surface area contributed by atoms with Crippen molar-refractivity contribution in [2.45, 2.75) is 125 Å². The number of unbranched alkanes of at least 4 members (excludes halogenated alkanes) is 6. The fraction of sp³-hybridized carbons (Fsp3) is 0.806. The summed E-state index contributed by atoms with van der Waals surface area (Å²) in [5.41, 5.74) is 1.66. The van der Waals surface area contributed by atoms with Crippen molar-refractivity contribution >= 4 is 19.8 Å². The quantitative estimate of drug-likeness (QED) is 0.149. The maximum Gasteiger partial charge on any atom is 0.0939 e. The Balaban J connectivity index is 3.18. The van der Waals surface area contributed by atoms with Crippen molar-refractivity contribution < 1.29 is 0 Å². The number of benzene rings is 1. The third kappa shape index (κ3) is 11.1. The number of hydrogen-bond donors (Lipinski definition) is 0. The molecule has 0 aliphatic carbocycles. The van der Waals surface area contributed by atoms with Crippen LogP contribution < -0.4 is 5.30 Å². The van der Waals surface area contributed by atoms with Gasteiger partial charge in [0.25, 0.3) is 0 Å². The molecule has 0 saturated heterocycles. The Labute approximate surface area is 211 Å². The lowest BCUT2D eigenvalue weighted by molar-refractivity contribution is 0.832. The van der Waals surface area contributed by atoms with E-state index in [9.17, 15) is 0 Å². The van der Waals surface area contributed by atoms with Gasteiger partial charge < -0.3 is 0 Å². The van der Waals surface area contributed by atoms with Gasteiger partial charge in [-0.1, -0.05) is 92.2 Å². The summed E-state index contributed by atoms with van der Waals surface area (Å²) >= 11 is 0. The van der Waals surface area contributed by atoms with Crippen molar-refractivity contribution in [3.63, 3.8) is 0 Å². The van der Waals surface area contributed by atoms with Crippen LogP contribution in [0.3, 0.4) is 0 Å². The van der Waals surface area contributed by atoms with Crippen molar-refractivity contribution in [2.75, 3.05) is 37.0 Å². The molecule has 0 amide bonds. The Hall–Kier alpha value is 0.0800. The highest BCUT2D eigenvalue weighted by Crippen LogP contribution is 2.64. The van der Waals surface area contributed by atoms with Crippen LogP contribution >= 0.6 is 14.5 Å². The molecule has 0 heterocycles. The molecule has 0 fully saturated rings. The van der Waals surface area contributed by atoms with Gasteiger partial charge in [0, 0.05) is 14.5 Å². The summed E-state index contributed by atoms with van der Waals surface area (Å²) < 4.78 is 0. The summed E-state index contributed by atoms with van der Waals surface area (Å²) in [5, 5.41) is 1.77. The molecule has 1 aromatic carbocycles. The Morgan fingerprint density at radius 1 is 0.455 bits per heavy atom. The fourth-order valence-corrected chi connectivity index (χ4v) is 15.5. The molecule has 1 rings (SSSR count). The van der Waals surface area contributed by atoms with E-state index in [2.05, 4.69) is 65.8 Å². The van der Waals surface area contributed by atoms with Gasteiger partial charge in [0.05, 0.1) is 48.4 Å². The van der Waals surface area contributed by atoms with Gasteiger partial charge in [-0.05, 0) is 56.2 Å². The average molecular weight is 495 g/mol. The average Bonchev–Trinajstić information content (AvgIpc) is 2.85. The van der Waals surface area contributed by atoms with E-state index in [1.54, 1.807) is 10.9 Å². The summed E-state index contributed by atoms with van der Waals surface area (Å²) in [4.78, 5) is 0. The SMILES string of the molecule is CCCC[P+](CCCC)(CCCC)Cc1ccc([P+](CCCC)(CCCC)CCCC)cc1. The zero-order valence-electron chi connectivity index (χ0n) is 23.6. The minimum absolute atomic E-state index is 0.867. The summed E-state index contributed by atoms with van der Waals surface area (Å²) in [7, 11) is -1.88. The monoisotopic (exact) mass is 494 g/mol. The Bertz CT molecular complexity index is 534. The van der Waals surface area contributed by atoms with Gasteiger partial charge in [0.1, 0.15) is 0 Å². The van der Waals surface area contributed by atoms with Crippen LogP contribution in [0.5, 0.6) is 0 Å². The molecule has 33 heavy (non-hydrogen) atoms. The fourth-order valence-electron chi connectivity index (χ4n) is 5.46. The third-order valence-electron chi connectivity index (χ3n) is 7.78. The third-order valence-corrected chi connectivity index (χ3v) is 17.5. The molecule has 0 radical (unpaired) electrons. The molecule has 0 atom stereocenters. The van der Waals surface area contributed by atoms with Gasteiger partial charge in [0.15, 0.2) is 0 Å². The second-order valence-corrected chi connectivity index (χ2v) is 19.3. The van der Waals surface area contributed by atoms with Crippen LogP contribution in [0.2, 0.25) is 0 Å². The molecule has 0 spiro atoms. The van der Waals surface area contributed by atoms with Crippen LogP contribution in [0, 0.1) is 0 Å². The van der Waals surface area contributed by atoms with Crippen LogP contribution in [0.15, 0.2) is 24.3 Å². The molecule has 0 aromatic heterocycles. The van der Waals surface area contributed by atoms with Gasteiger partial charge in [-0.25, -0.2) is 0 Å². The summed E-state index contributed by atoms with van der Waals surface area (Å²) in [6, 6.07) is 10.4. The first-order chi connectivity index (χ1) is 16.0. The molecular weight excluding hydrogens is 434 g/mol. The Morgan fingerprint density at radius 3 is 1.12 bits per heavy atom. The largest absolute Gasteiger partial charge is 0.0939 e. The maximum absolute atomic E-state index is 2.62. The van der Waals surface area contributed by atoms with E-state index in [0.717, 1.165) is 0 Å². The van der Waals surface area contributed by atoms with E-state index >= 15 is 0 Å². The van der Waals surface area contributed by atoms with Gasteiger partial charge in [-0.2, -0.15) is 0 Å². The molecule has 0 saturated carbocycles. The molecule has 192 valence electrons. The standard InChI is InChI=1S/C31H60P2/c1-7-13-23-32(24-14-8-2,25-15-9-3)29-30-19-21-31(22-20-30)33(26-16-10-4,27-17-11-5)28-18-12-6/h19-22H,7-18,23-29H2,1-6H3/q+2. The van der Waals surface area contributed by atoms with E-state index in [-0.39, 0.29) is 0 Å². The lowest BCUT2D eigenvalue weighted by atomic mass is 10.2. The molecule has 1 aromatic rings. The molecule has 0 unspecified atom stereocenters. The van der Waals surface area contributed by atoms with Gasteiger partial charge in [-0.15, -0.1) is 0 Å². The second kappa shape index (κ2) is 18.4. The van der Waals surface area contributed by atoms with Crippen molar-refractivity contribution in [1.82, 2.24) is 0 Å². The predicted molar refractivity (Wildman–Crippen MR) is 162 cm³/mol. The van der Waals surface area contributed by atoms with Gasteiger partial charge in [-0.3, -0.25) is 0 Å². The van der Waals surface area contributed by atoms with Gasteiger partial charge >= 0.3 is 0 Å². The Kier molecular flexibility index (Phi) is 17.3. The van der Waals surface area contributed by atoms with E-state index in [1.165, 1.54) is 120 Å². The smallest absolute Gasteiger partial charge is 0.0652 e. The lowest BCUT2D eigenvalue weighted by Gasteiger charge is -2.29. The van der Waals surface area contributed by atoms with Crippen molar-refractivity contribution in [3.8, 4) is 0 Å². The number of hydrogen-bond acceptors (Lipinski definition) is 0. The zero-order chi connectivity index (χ0) is 24.4. The first-order valence-electron chi connectivity index (χ1n) is 14.9. The van der Waals surface area contributed by atoms with Crippen LogP contribution in [-0.2, 0) is 6.16 Å². The molecule has 0 bridgehead atoms. The zero-order valence-corrected chi connectivity index (χ0v) is 25.4. The van der Waals surface area contributed by atoms with Crippen LogP contribution in [0.4, 0.5) is 0 Å². The highest BCUT2D eigenvalue weighted by Gasteiger charge is 2.39. The summed E-state index contributed by atoms with van der Waals surface area (Å²) in [5.74, 6) is 0. The van der Waals surface area contributed by atoms with Crippen LogP contribution in [-0.4, -0.2) is 37.0 Å². The predicted octanol–water partition coefficient (Wildman–Crippen LogP) is 10.6. The van der Waals surface area contributed by atoms with E-state index in [1.807, 2.05) is 0 Å². The van der Waals surface area contributed by atoms with Crippen molar-refractivity contribution in [3.05, 3.63) is 29.8 Å². The summed E-state index contributed by atoms with van der Waals surface area (Å²) in [6.45, 7) is 14.3. The highest BCUT2D eigenvalue weighted by atomic mass is 31.2. The van der Waals surface area contributed by atoms with Crippen LogP contribution in [0.1, 0.15) is 124 Å². The minimum Gasteiger partial charge on any atom is -0.0652 e. The first kappa shape index (κ1) is 31.1. The maximum atomic E-state index is 2.62. The normalized spacial score (nSPS) is 12.4. The second-order valence-electron chi connectivity index (χ2n) is 10.8. The Morgan fingerprint density at radius 2 is 0.788 bits per heavy atom. The van der Waals surface area contributed by atoms with E-state index < -0.39 is 14.5 Å². The lowest BCUT2D eigenvalue weighted by Crippen LogP contribution is -2.21. The number of rotatable bonds is 21. The molecule has 2 heteroatoms. The molecule has 0 aliphatic heterocycles. The van der Waals surface area contributed by atoms with E-state index in [4.69, 9.17) is 0 Å². The minimum atomic E-state index is -1.01. The van der Waals surface area contributed by atoms with E-state index in [0.29, 0.717) is 0 Å². The molecular formula is C31H60P2+2. The van der Waals surface area contributed by atoms with Crippen LogP contribution in [0.25, 0.3) is 0 Å². The first-order valence-corrected chi connectivity index (χ1v) is 19.7. The highest BCUT2D eigenvalue weighted by molar-refractivity contribution is 7.82. The van der Waals surface area contributed by atoms with Crippen molar-refractivity contribution in [1.29, 1.82) is 0 Å². The van der Waals surface area contributed by atoms with Crippen molar-refractivity contribution in [2.24, 2.45) is 0 Å². The molecule has 0 aliphatic rings. The molecule has 0 nitrogen and oxygen atoms in total. The topological polar surface area (TPSA) is 0 Å². The van der Waals surface area contributed by atoms with Gasteiger partial charge in [0.2, 0.25) is 0 Å².